The molecule has 4 N–H and O–H groups in total. The standard InChI is InChI=1S/C21H28N4O5.C2HF3O2/c1-13(26)22-17(14-3-5-16(30-2)6-4-14)11-19(27)23-15-7-9-25(10-8-15)18-12-20(28)24-21(18)29;3-2(4,5)1(6)7/h3-6,15,17-18H,7-12H2,1-2H3,(H,22,26)(H,23,27)(H,24,28,29);(H,6,7). The van der Waals surface area contributed by atoms with E-state index in [0.29, 0.717) is 31.7 Å². The Morgan fingerprint density at radius 3 is 2.16 bits per heavy atom. The highest BCUT2D eigenvalue weighted by Crippen LogP contribution is 2.22. The fourth-order valence-corrected chi connectivity index (χ4v) is 4.00. The molecule has 0 saturated carbocycles. The second kappa shape index (κ2) is 13.0. The van der Waals surface area contributed by atoms with Gasteiger partial charge in [0.25, 0.3) is 0 Å². The number of imide groups is 1. The summed E-state index contributed by atoms with van der Waals surface area (Å²) in [5.74, 6) is -2.87. The van der Waals surface area contributed by atoms with E-state index in [1.807, 2.05) is 17.0 Å². The Labute approximate surface area is 210 Å². The average molecular weight is 531 g/mol. The number of benzene rings is 1. The topological polar surface area (TPSA) is 154 Å². The van der Waals surface area contributed by atoms with Crippen LogP contribution >= 0.6 is 0 Å². The lowest BCUT2D eigenvalue weighted by Crippen LogP contribution is -2.50. The molecule has 2 aliphatic rings. The van der Waals surface area contributed by atoms with E-state index in [1.165, 1.54) is 6.92 Å². The van der Waals surface area contributed by atoms with E-state index in [4.69, 9.17) is 14.6 Å². The summed E-state index contributed by atoms with van der Waals surface area (Å²) >= 11 is 0. The molecule has 2 aliphatic heterocycles. The summed E-state index contributed by atoms with van der Waals surface area (Å²) in [7, 11) is 1.58. The van der Waals surface area contributed by atoms with Crippen molar-refractivity contribution >= 4 is 29.6 Å². The van der Waals surface area contributed by atoms with Crippen molar-refractivity contribution in [2.45, 2.75) is 56.9 Å². The molecular weight excluding hydrogens is 501 g/mol. The molecule has 3 rings (SSSR count). The zero-order chi connectivity index (χ0) is 27.8. The number of halogens is 3. The van der Waals surface area contributed by atoms with Crippen molar-refractivity contribution in [3.8, 4) is 5.75 Å². The minimum absolute atomic E-state index is 0.00256. The van der Waals surface area contributed by atoms with Crippen LogP contribution in [0.5, 0.6) is 5.75 Å². The van der Waals surface area contributed by atoms with Crippen molar-refractivity contribution in [3.05, 3.63) is 29.8 Å². The number of carbonyl (C=O) groups is 5. The van der Waals surface area contributed by atoms with Crippen molar-refractivity contribution in [1.82, 2.24) is 20.9 Å². The molecule has 11 nitrogen and oxygen atoms in total. The second-order valence-electron chi connectivity index (χ2n) is 8.54. The van der Waals surface area contributed by atoms with Gasteiger partial charge in [0, 0.05) is 26.1 Å². The van der Waals surface area contributed by atoms with Crippen LogP contribution in [0.3, 0.4) is 0 Å². The Hall–Kier alpha value is -3.68. The number of piperidine rings is 1. The summed E-state index contributed by atoms with van der Waals surface area (Å²) in [6.07, 6.45) is -3.34. The maximum atomic E-state index is 12.6. The zero-order valence-corrected chi connectivity index (χ0v) is 20.3. The number of likely N-dealkylation sites (tertiary alicyclic amines) is 1. The number of methoxy groups -OCH3 is 1. The van der Waals surface area contributed by atoms with Gasteiger partial charge in [-0.25, -0.2) is 4.79 Å². The molecule has 0 bridgehead atoms. The molecule has 2 atom stereocenters. The highest BCUT2D eigenvalue weighted by Gasteiger charge is 2.38. The molecule has 37 heavy (non-hydrogen) atoms. The SMILES string of the molecule is COc1ccc(C(CC(=O)NC2CCN(C3CC(=O)NC3=O)CC2)NC(C)=O)cc1.O=C(O)C(F)(F)F. The van der Waals surface area contributed by atoms with Crippen molar-refractivity contribution in [2.24, 2.45) is 0 Å². The predicted octanol–water partition coefficient (Wildman–Crippen LogP) is 0.892. The van der Waals surface area contributed by atoms with Crippen molar-refractivity contribution < 1.29 is 47.0 Å². The van der Waals surface area contributed by atoms with Gasteiger partial charge in [-0.2, -0.15) is 13.2 Å². The molecule has 1 aromatic carbocycles. The number of ether oxygens (including phenoxy) is 1. The predicted molar refractivity (Wildman–Crippen MR) is 122 cm³/mol. The number of carboxylic acid groups (broad SMARTS) is 1. The van der Waals surface area contributed by atoms with Gasteiger partial charge in [0.1, 0.15) is 5.75 Å². The van der Waals surface area contributed by atoms with Gasteiger partial charge < -0.3 is 20.5 Å². The fraction of sp³-hybridized carbons (Fsp3) is 0.522. The van der Waals surface area contributed by atoms with Crippen LogP contribution in [0.25, 0.3) is 0 Å². The number of nitrogens with one attached hydrogen (secondary N) is 3. The number of amides is 4. The monoisotopic (exact) mass is 530 g/mol. The highest BCUT2D eigenvalue weighted by molar-refractivity contribution is 6.05. The summed E-state index contributed by atoms with van der Waals surface area (Å²) in [6.45, 7) is 2.71. The minimum atomic E-state index is -5.08. The van der Waals surface area contributed by atoms with Crippen LogP contribution in [0.4, 0.5) is 13.2 Å². The Balaban J connectivity index is 0.000000604. The Kier molecular flexibility index (Phi) is 10.4. The van der Waals surface area contributed by atoms with Crippen LogP contribution in [-0.2, 0) is 24.0 Å². The molecule has 2 saturated heterocycles. The third kappa shape index (κ3) is 9.37. The van der Waals surface area contributed by atoms with Gasteiger partial charge in [-0.1, -0.05) is 12.1 Å². The van der Waals surface area contributed by atoms with E-state index < -0.39 is 24.2 Å². The summed E-state index contributed by atoms with van der Waals surface area (Å²) in [4.78, 5) is 58.4. The van der Waals surface area contributed by atoms with Crippen LogP contribution in [0.15, 0.2) is 24.3 Å². The van der Waals surface area contributed by atoms with E-state index in [2.05, 4.69) is 16.0 Å². The van der Waals surface area contributed by atoms with Gasteiger partial charge in [-0.3, -0.25) is 29.4 Å². The van der Waals surface area contributed by atoms with Crippen molar-refractivity contribution in [1.29, 1.82) is 0 Å². The lowest BCUT2D eigenvalue weighted by atomic mass is 10.00. The van der Waals surface area contributed by atoms with Crippen LogP contribution in [0.1, 0.15) is 44.2 Å². The Bertz CT molecular complexity index is 993. The van der Waals surface area contributed by atoms with Crippen molar-refractivity contribution in [3.63, 3.8) is 0 Å². The van der Waals surface area contributed by atoms with E-state index in [-0.39, 0.29) is 42.5 Å². The van der Waals surface area contributed by atoms with Crippen LogP contribution in [0.2, 0.25) is 0 Å². The first-order valence-electron chi connectivity index (χ1n) is 11.4. The number of rotatable bonds is 7. The van der Waals surface area contributed by atoms with Gasteiger partial charge >= 0.3 is 12.1 Å². The molecule has 204 valence electrons. The Morgan fingerprint density at radius 2 is 1.73 bits per heavy atom. The molecule has 0 spiro atoms. The van der Waals surface area contributed by atoms with Gasteiger partial charge in [0.2, 0.25) is 23.6 Å². The minimum Gasteiger partial charge on any atom is -0.497 e. The molecule has 2 heterocycles. The number of hydrogen-bond acceptors (Lipinski definition) is 7. The third-order valence-electron chi connectivity index (χ3n) is 5.81. The first-order chi connectivity index (χ1) is 17.3. The second-order valence-corrected chi connectivity index (χ2v) is 8.54. The number of nitrogens with zero attached hydrogens (tertiary/aromatic N) is 1. The quantitative estimate of drug-likeness (QED) is 0.379. The lowest BCUT2D eigenvalue weighted by molar-refractivity contribution is -0.192. The summed E-state index contributed by atoms with van der Waals surface area (Å²) < 4.78 is 36.9. The largest absolute Gasteiger partial charge is 0.497 e. The summed E-state index contributed by atoms with van der Waals surface area (Å²) in [5.41, 5.74) is 0.827. The van der Waals surface area contributed by atoms with Gasteiger partial charge in [-0.15, -0.1) is 0 Å². The smallest absolute Gasteiger partial charge is 0.490 e. The van der Waals surface area contributed by atoms with Gasteiger partial charge in [0.15, 0.2) is 0 Å². The first-order valence-corrected chi connectivity index (χ1v) is 11.4. The molecule has 0 aliphatic carbocycles. The number of hydrogen-bond donors (Lipinski definition) is 4. The summed E-state index contributed by atoms with van der Waals surface area (Å²) in [6, 6.07) is 6.43. The zero-order valence-electron chi connectivity index (χ0n) is 20.3. The van der Waals surface area contributed by atoms with Crippen LogP contribution in [-0.4, -0.2) is 78.1 Å². The number of alkyl halides is 3. The van der Waals surface area contributed by atoms with Gasteiger partial charge in [0.05, 0.1) is 32.0 Å². The molecule has 0 radical (unpaired) electrons. The fourth-order valence-electron chi connectivity index (χ4n) is 4.00. The van der Waals surface area contributed by atoms with E-state index in [9.17, 15) is 32.3 Å². The van der Waals surface area contributed by atoms with E-state index in [0.717, 1.165) is 5.56 Å². The maximum absolute atomic E-state index is 12.6. The maximum Gasteiger partial charge on any atom is 0.490 e. The molecule has 14 heteroatoms. The summed E-state index contributed by atoms with van der Waals surface area (Å²) in [5, 5.41) is 15.3. The van der Waals surface area contributed by atoms with Crippen molar-refractivity contribution in [2.75, 3.05) is 20.2 Å². The molecule has 1 aromatic rings. The Morgan fingerprint density at radius 1 is 1.16 bits per heavy atom. The molecule has 2 unspecified atom stereocenters. The van der Waals surface area contributed by atoms with E-state index in [1.54, 1.807) is 19.2 Å². The van der Waals surface area contributed by atoms with Crippen LogP contribution in [0, 0.1) is 0 Å². The molecule has 2 fully saturated rings. The van der Waals surface area contributed by atoms with E-state index >= 15 is 0 Å². The van der Waals surface area contributed by atoms with Gasteiger partial charge in [-0.05, 0) is 30.5 Å². The molecule has 4 amide bonds. The van der Waals surface area contributed by atoms with Crippen LogP contribution < -0.4 is 20.7 Å². The number of carboxylic acids is 1. The molecular formula is C23H29F3N4O7. The normalized spacial score (nSPS) is 19.2. The number of carbonyl (C=O) groups excluding carboxylic acids is 4. The number of aliphatic carboxylic acids is 1. The lowest BCUT2D eigenvalue weighted by Gasteiger charge is -2.34. The molecule has 0 aromatic heterocycles. The first kappa shape index (κ1) is 29.5. The highest BCUT2D eigenvalue weighted by atomic mass is 19.4. The average Bonchev–Trinajstić information content (AvgIpc) is 3.16. The third-order valence-corrected chi connectivity index (χ3v) is 5.81.